The molecule has 120 valence electrons. The Morgan fingerprint density at radius 1 is 1.30 bits per heavy atom. The summed E-state index contributed by atoms with van der Waals surface area (Å²) in [4.78, 5) is 23.7. The van der Waals surface area contributed by atoms with Crippen LogP contribution in [0, 0.1) is 0 Å². The van der Waals surface area contributed by atoms with E-state index in [2.05, 4.69) is 15.0 Å². The first kappa shape index (κ1) is 15.6. The maximum atomic E-state index is 12.2. The number of hydrogen-bond acceptors (Lipinski definition) is 6. The van der Waals surface area contributed by atoms with E-state index < -0.39 is 0 Å². The lowest BCUT2D eigenvalue weighted by Crippen LogP contribution is -2.17. The predicted octanol–water partition coefficient (Wildman–Crippen LogP) is 1.49. The van der Waals surface area contributed by atoms with Crippen molar-refractivity contribution in [2.24, 2.45) is 0 Å². The third kappa shape index (κ3) is 3.38. The minimum Gasteiger partial charge on any atom is -0.384 e. The molecule has 0 unspecified atom stereocenters. The molecule has 0 bridgehead atoms. The number of benzene rings is 1. The van der Waals surface area contributed by atoms with Crippen LogP contribution in [0.5, 0.6) is 0 Å². The highest BCUT2D eigenvalue weighted by Gasteiger charge is 2.14. The highest BCUT2D eigenvalue weighted by Crippen LogP contribution is 2.20. The fourth-order valence-corrected chi connectivity index (χ4v) is 2.97. The minimum absolute atomic E-state index is 0.246. The van der Waals surface area contributed by atoms with Gasteiger partial charge in [0.2, 0.25) is 0 Å². The average Bonchev–Trinajstić information content (AvgIpc) is 2.86. The minimum atomic E-state index is -0.246. The smallest absolute Gasteiger partial charge is 0.328 e. The molecule has 7 nitrogen and oxygen atoms in total. The number of imidazole rings is 1. The second kappa shape index (κ2) is 6.84. The predicted molar refractivity (Wildman–Crippen MR) is 90.7 cm³/mol. The molecule has 0 aliphatic rings. The van der Waals surface area contributed by atoms with Crippen LogP contribution in [0.4, 0.5) is 5.82 Å². The molecule has 8 heteroatoms. The van der Waals surface area contributed by atoms with Gasteiger partial charge in [-0.1, -0.05) is 42.1 Å². The standard InChI is InChI=1S/C15H17N5O2S/c1-22-7-8-23-14-18-12(16)11-13(19-14)20(15(21)17-11)9-10-5-3-2-4-6-10/h2-6H,7-9H2,1H3,(H,17,21)(H2,16,18,19). The fraction of sp³-hybridized carbons (Fsp3) is 0.267. The number of fused-ring (bicyclic) bond motifs is 1. The van der Waals surface area contributed by atoms with Gasteiger partial charge >= 0.3 is 5.69 Å². The van der Waals surface area contributed by atoms with Gasteiger partial charge in [-0.15, -0.1) is 0 Å². The summed E-state index contributed by atoms with van der Waals surface area (Å²) < 4.78 is 6.59. The third-order valence-electron chi connectivity index (χ3n) is 3.33. The Morgan fingerprint density at radius 2 is 2.09 bits per heavy atom. The van der Waals surface area contributed by atoms with E-state index in [9.17, 15) is 4.79 Å². The van der Waals surface area contributed by atoms with Gasteiger partial charge in [0.15, 0.2) is 16.6 Å². The number of rotatable bonds is 6. The number of methoxy groups -OCH3 is 1. The largest absolute Gasteiger partial charge is 0.384 e. The molecule has 3 rings (SSSR count). The molecule has 0 saturated carbocycles. The van der Waals surface area contributed by atoms with E-state index in [1.807, 2.05) is 30.3 Å². The zero-order valence-corrected chi connectivity index (χ0v) is 13.5. The molecule has 0 fully saturated rings. The van der Waals surface area contributed by atoms with Gasteiger partial charge in [-0.2, -0.15) is 0 Å². The molecule has 23 heavy (non-hydrogen) atoms. The second-order valence-electron chi connectivity index (χ2n) is 4.93. The second-order valence-corrected chi connectivity index (χ2v) is 6.00. The summed E-state index contributed by atoms with van der Waals surface area (Å²) in [6, 6.07) is 9.73. The number of nitrogens with zero attached hydrogens (tertiary/aromatic N) is 3. The van der Waals surface area contributed by atoms with Gasteiger partial charge in [0.05, 0.1) is 13.2 Å². The SMILES string of the molecule is COCCSc1nc(N)c2[nH]c(=O)n(Cc3ccccc3)c2n1. The van der Waals surface area contributed by atoms with Crippen LogP contribution in [0.2, 0.25) is 0 Å². The topological polar surface area (TPSA) is 98.8 Å². The Morgan fingerprint density at radius 3 is 2.83 bits per heavy atom. The number of nitrogens with two attached hydrogens (primary N) is 1. The fourth-order valence-electron chi connectivity index (χ4n) is 2.22. The Hall–Kier alpha value is -2.32. The third-order valence-corrected chi connectivity index (χ3v) is 4.14. The van der Waals surface area contributed by atoms with Crippen molar-refractivity contribution in [1.82, 2.24) is 19.5 Å². The van der Waals surface area contributed by atoms with Gasteiger partial charge in [-0.05, 0) is 5.56 Å². The molecular formula is C15H17N5O2S. The van der Waals surface area contributed by atoms with Crippen LogP contribution in [0.3, 0.4) is 0 Å². The molecule has 0 saturated heterocycles. The summed E-state index contributed by atoms with van der Waals surface area (Å²) in [5.74, 6) is 0.994. The molecule has 3 N–H and O–H groups in total. The van der Waals surface area contributed by atoms with Crippen molar-refractivity contribution in [3.05, 3.63) is 46.4 Å². The van der Waals surface area contributed by atoms with E-state index in [1.54, 1.807) is 11.7 Å². The van der Waals surface area contributed by atoms with Gasteiger partial charge in [0, 0.05) is 12.9 Å². The summed E-state index contributed by atoms with van der Waals surface area (Å²) in [5, 5.41) is 0.535. The Bertz CT molecular complexity index is 859. The van der Waals surface area contributed by atoms with Crippen molar-refractivity contribution in [3.63, 3.8) is 0 Å². The van der Waals surface area contributed by atoms with Gasteiger partial charge in [0.25, 0.3) is 0 Å². The first-order chi connectivity index (χ1) is 11.2. The lowest BCUT2D eigenvalue weighted by Gasteiger charge is -2.05. The van der Waals surface area contributed by atoms with E-state index in [1.165, 1.54) is 11.8 Å². The molecule has 0 radical (unpaired) electrons. The number of H-pyrrole nitrogens is 1. The zero-order valence-electron chi connectivity index (χ0n) is 12.7. The number of aromatic nitrogens is 4. The van der Waals surface area contributed by atoms with Gasteiger partial charge in [0.1, 0.15) is 5.52 Å². The first-order valence-electron chi connectivity index (χ1n) is 7.10. The van der Waals surface area contributed by atoms with Crippen LogP contribution in [-0.2, 0) is 11.3 Å². The number of nitrogens with one attached hydrogen (secondary N) is 1. The lowest BCUT2D eigenvalue weighted by atomic mass is 10.2. The molecule has 0 aliphatic carbocycles. The highest BCUT2D eigenvalue weighted by atomic mass is 32.2. The maximum Gasteiger partial charge on any atom is 0.328 e. The van der Waals surface area contributed by atoms with Gasteiger partial charge in [-0.3, -0.25) is 4.57 Å². The van der Waals surface area contributed by atoms with E-state index in [-0.39, 0.29) is 11.5 Å². The monoisotopic (exact) mass is 331 g/mol. The number of aromatic amines is 1. The molecule has 0 atom stereocenters. The number of hydrogen-bond donors (Lipinski definition) is 2. The first-order valence-corrected chi connectivity index (χ1v) is 8.09. The number of nitrogen functional groups attached to an aromatic ring is 1. The highest BCUT2D eigenvalue weighted by molar-refractivity contribution is 7.99. The van der Waals surface area contributed by atoms with E-state index in [4.69, 9.17) is 10.5 Å². The molecule has 0 amide bonds. The molecule has 2 heterocycles. The van der Waals surface area contributed by atoms with Crippen molar-refractivity contribution in [2.75, 3.05) is 25.2 Å². The lowest BCUT2D eigenvalue weighted by molar-refractivity contribution is 0.218. The van der Waals surface area contributed by atoms with E-state index in [0.717, 1.165) is 11.3 Å². The summed E-state index contributed by atoms with van der Waals surface area (Å²) in [5.41, 5.74) is 7.72. The van der Waals surface area contributed by atoms with Gasteiger partial charge in [-0.25, -0.2) is 14.8 Å². The van der Waals surface area contributed by atoms with Crippen LogP contribution in [0.25, 0.3) is 11.2 Å². The van der Waals surface area contributed by atoms with Crippen LogP contribution in [-0.4, -0.2) is 39.0 Å². The molecule has 0 spiro atoms. The van der Waals surface area contributed by atoms with Crippen LogP contribution in [0.15, 0.2) is 40.3 Å². The average molecular weight is 331 g/mol. The van der Waals surface area contributed by atoms with Crippen LogP contribution in [0.1, 0.15) is 5.56 Å². The van der Waals surface area contributed by atoms with Crippen molar-refractivity contribution < 1.29 is 4.74 Å². The molecule has 2 aromatic heterocycles. The number of anilines is 1. The summed E-state index contributed by atoms with van der Waals surface area (Å²) in [6.45, 7) is 1.02. The Balaban J connectivity index is 2.00. The van der Waals surface area contributed by atoms with Gasteiger partial charge < -0.3 is 15.5 Å². The molecule has 3 aromatic rings. The number of ether oxygens (including phenoxy) is 1. The molecule has 0 aliphatic heterocycles. The van der Waals surface area contributed by atoms with E-state index in [0.29, 0.717) is 29.5 Å². The normalized spacial score (nSPS) is 11.2. The van der Waals surface area contributed by atoms with Crippen molar-refractivity contribution in [2.45, 2.75) is 11.7 Å². The summed E-state index contributed by atoms with van der Waals surface area (Å²) >= 11 is 1.44. The van der Waals surface area contributed by atoms with Crippen molar-refractivity contribution >= 4 is 28.7 Å². The van der Waals surface area contributed by atoms with Crippen molar-refractivity contribution in [1.29, 1.82) is 0 Å². The summed E-state index contributed by atoms with van der Waals surface area (Å²) in [6.07, 6.45) is 0. The maximum absolute atomic E-state index is 12.2. The summed E-state index contributed by atoms with van der Waals surface area (Å²) in [7, 11) is 1.64. The van der Waals surface area contributed by atoms with Crippen LogP contribution < -0.4 is 11.4 Å². The van der Waals surface area contributed by atoms with Crippen LogP contribution >= 0.6 is 11.8 Å². The molecular weight excluding hydrogens is 314 g/mol. The number of thioether (sulfide) groups is 1. The quantitative estimate of drug-likeness (QED) is 0.403. The zero-order chi connectivity index (χ0) is 16.2. The Labute approximate surface area is 136 Å². The van der Waals surface area contributed by atoms with Crippen molar-refractivity contribution in [3.8, 4) is 0 Å². The molecule has 1 aromatic carbocycles. The van der Waals surface area contributed by atoms with E-state index >= 15 is 0 Å². The Kier molecular flexibility index (Phi) is 4.63.